The molecule has 2 aliphatic rings. The second kappa shape index (κ2) is 5.87. The van der Waals surface area contributed by atoms with Crippen LogP contribution in [0.15, 0.2) is 30.3 Å². The molecule has 2 N–H and O–H groups in total. The summed E-state index contributed by atoms with van der Waals surface area (Å²) < 4.78 is 0. The van der Waals surface area contributed by atoms with Crippen molar-refractivity contribution >= 4 is 0 Å². The van der Waals surface area contributed by atoms with Crippen molar-refractivity contribution in [3.63, 3.8) is 0 Å². The van der Waals surface area contributed by atoms with Gasteiger partial charge in [0.15, 0.2) is 0 Å². The van der Waals surface area contributed by atoms with Gasteiger partial charge in [0.05, 0.1) is 0 Å². The normalized spacial score (nSPS) is 29.9. The van der Waals surface area contributed by atoms with Gasteiger partial charge in [0.1, 0.15) is 0 Å². The lowest BCUT2D eigenvalue weighted by Gasteiger charge is -2.49. The maximum Gasteiger partial charge on any atom is 0.0346 e. The van der Waals surface area contributed by atoms with E-state index < -0.39 is 0 Å². The second-order valence-corrected chi connectivity index (χ2v) is 6.96. The predicted octanol–water partition coefficient (Wildman–Crippen LogP) is 3.21. The summed E-state index contributed by atoms with van der Waals surface area (Å²) in [6.45, 7) is 4.37. The van der Waals surface area contributed by atoms with Gasteiger partial charge in [0.25, 0.3) is 0 Å². The monoisotopic (exact) mass is 272 g/mol. The van der Waals surface area contributed by atoms with Gasteiger partial charge in [-0.2, -0.15) is 0 Å². The van der Waals surface area contributed by atoms with Crippen LogP contribution in [0.25, 0.3) is 0 Å². The lowest BCUT2D eigenvalue weighted by molar-refractivity contribution is 0.0138. The second-order valence-electron chi connectivity index (χ2n) is 6.96. The molecule has 0 bridgehead atoms. The van der Waals surface area contributed by atoms with Crippen molar-refractivity contribution in [2.24, 2.45) is 11.7 Å². The lowest BCUT2D eigenvalue weighted by atomic mass is 9.83. The Hall–Kier alpha value is -0.860. The number of fused-ring (bicyclic) bond motifs is 1. The van der Waals surface area contributed by atoms with Crippen molar-refractivity contribution < 1.29 is 0 Å². The lowest BCUT2D eigenvalue weighted by Crippen LogP contribution is -2.59. The van der Waals surface area contributed by atoms with Crippen molar-refractivity contribution in [1.29, 1.82) is 0 Å². The van der Waals surface area contributed by atoms with Crippen LogP contribution in [0.3, 0.4) is 0 Å². The summed E-state index contributed by atoms with van der Waals surface area (Å²) in [6.07, 6.45) is 8.10. The molecule has 1 aromatic rings. The number of hydrogen-bond donors (Lipinski definition) is 1. The molecule has 3 rings (SSSR count). The molecule has 1 saturated carbocycles. The highest BCUT2D eigenvalue weighted by atomic mass is 15.2. The fourth-order valence-electron chi connectivity index (χ4n) is 4.45. The molecule has 3 unspecified atom stereocenters. The van der Waals surface area contributed by atoms with E-state index in [1.165, 1.54) is 44.2 Å². The number of nitrogens with two attached hydrogens (primary N) is 1. The molecule has 1 heterocycles. The number of benzene rings is 1. The molecule has 0 aromatic heterocycles. The first-order chi connectivity index (χ1) is 9.73. The summed E-state index contributed by atoms with van der Waals surface area (Å²) in [5.74, 6) is 0.936. The standard InChI is InChI=1S/C18H28N2/c1-18(14-19,13-15-7-3-2-4-8-15)20-12-6-10-16-9-5-11-17(16)20/h2-4,7-8,16-17H,5-6,9-14,19H2,1H3. The first kappa shape index (κ1) is 14.1. The Morgan fingerprint density at radius 1 is 1.15 bits per heavy atom. The summed E-state index contributed by atoms with van der Waals surface area (Å²) >= 11 is 0. The maximum atomic E-state index is 6.23. The minimum absolute atomic E-state index is 0.120. The Morgan fingerprint density at radius 2 is 1.90 bits per heavy atom. The van der Waals surface area contributed by atoms with Gasteiger partial charge in [0, 0.05) is 18.1 Å². The largest absolute Gasteiger partial charge is 0.329 e. The van der Waals surface area contributed by atoms with Crippen LogP contribution in [0.1, 0.15) is 44.6 Å². The van der Waals surface area contributed by atoms with E-state index in [1.54, 1.807) is 0 Å². The summed E-state index contributed by atoms with van der Waals surface area (Å²) in [5, 5.41) is 0. The van der Waals surface area contributed by atoms with Crippen LogP contribution in [-0.4, -0.2) is 29.6 Å². The van der Waals surface area contributed by atoms with Crippen LogP contribution >= 0.6 is 0 Å². The fraction of sp³-hybridized carbons (Fsp3) is 0.667. The Kier molecular flexibility index (Phi) is 4.13. The molecule has 1 saturated heterocycles. The Balaban J connectivity index is 1.80. The molecule has 0 spiro atoms. The van der Waals surface area contributed by atoms with E-state index in [4.69, 9.17) is 5.73 Å². The maximum absolute atomic E-state index is 6.23. The molecular weight excluding hydrogens is 244 g/mol. The molecule has 20 heavy (non-hydrogen) atoms. The summed E-state index contributed by atoms with van der Waals surface area (Å²) in [6, 6.07) is 11.6. The summed E-state index contributed by atoms with van der Waals surface area (Å²) in [4.78, 5) is 2.77. The number of likely N-dealkylation sites (tertiary alicyclic amines) is 1. The average Bonchev–Trinajstić information content (AvgIpc) is 2.96. The zero-order valence-corrected chi connectivity index (χ0v) is 12.7. The van der Waals surface area contributed by atoms with E-state index in [9.17, 15) is 0 Å². The van der Waals surface area contributed by atoms with Gasteiger partial charge >= 0.3 is 0 Å². The van der Waals surface area contributed by atoms with Gasteiger partial charge in [-0.15, -0.1) is 0 Å². The van der Waals surface area contributed by atoms with Crippen LogP contribution < -0.4 is 5.73 Å². The Morgan fingerprint density at radius 3 is 2.65 bits per heavy atom. The van der Waals surface area contributed by atoms with Gasteiger partial charge in [-0.05, 0) is 57.1 Å². The van der Waals surface area contributed by atoms with Gasteiger partial charge in [-0.1, -0.05) is 36.8 Å². The van der Waals surface area contributed by atoms with Crippen molar-refractivity contribution in [3.8, 4) is 0 Å². The molecule has 0 radical (unpaired) electrons. The average molecular weight is 272 g/mol. The van der Waals surface area contributed by atoms with Crippen molar-refractivity contribution in [3.05, 3.63) is 35.9 Å². The summed E-state index contributed by atoms with van der Waals surface area (Å²) in [7, 11) is 0. The Bertz CT molecular complexity index is 430. The third-order valence-corrected chi connectivity index (χ3v) is 5.55. The van der Waals surface area contributed by atoms with E-state index in [2.05, 4.69) is 42.2 Å². The van der Waals surface area contributed by atoms with E-state index >= 15 is 0 Å². The molecule has 110 valence electrons. The molecule has 2 nitrogen and oxygen atoms in total. The SMILES string of the molecule is CC(CN)(Cc1ccccc1)N1CCCC2CCCC21. The van der Waals surface area contributed by atoms with Crippen LogP contribution in [-0.2, 0) is 6.42 Å². The highest BCUT2D eigenvalue weighted by molar-refractivity contribution is 5.18. The van der Waals surface area contributed by atoms with Gasteiger partial charge in [0.2, 0.25) is 0 Å². The number of rotatable bonds is 4. The molecule has 1 aliphatic carbocycles. The van der Waals surface area contributed by atoms with Crippen molar-refractivity contribution in [1.82, 2.24) is 4.90 Å². The van der Waals surface area contributed by atoms with E-state index in [1.807, 2.05) is 0 Å². The number of piperidine rings is 1. The number of nitrogens with zero attached hydrogens (tertiary/aromatic N) is 1. The third kappa shape index (κ3) is 2.64. The highest BCUT2D eigenvalue weighted by Gasteiger charge is 2.42. The minimum atomic E-state index is 0.120. The van der Waals surface area contributed by atoms with E-state index in [0.29, 0.717) is 0 Å². The minimum Gasteiger partial charge on any atom is -0.329 e. The summed E-state index contributed by atoms with van der Waals surface area (Å²) in [5.41, 5.74) is 7.76. The van der Waals surface area contributed by atoms with Crippen molar-refractivity contribution in [2.75, 3.05) is 13.1 Å². The van der Waals surface area contributed by atoms with Gasteiger partial charge in [-0.3, -0.25) is 4.90 Å². The van der Waals surface area contributed by atoms with Crippen LogP contribution in [0.2, 0.25) is 0 Å². The zero-order chi connectivity index (χ0) is 14.0. The Labute approximate surface area is 123 Å². The molecule has 2 heteroatoms. The zero-order valence-electron chi connectivity index (χ0n) is 12.7. The molecular formula is C18H28N2. The quantitative estimate of drug-likeness (QED) is 0.912. The van der Waals surface area contributed by atoms with Crippen LogP contribution in [0.4, 0.5) is 0 Å². The molecule has 1 aliphatic heterocycles. The predicted molar refractivity (Wildman–Crippen MR) is 84.7 cm³/mol. The van der Waals surface area contributed by atoms with Gasteiger partial charge in [-0.25, -0.2) is 0 Å². The smallest absolute Gasteiger partial charge is 0.0346 e. The van der Waals surface area contributed by atoms with Gasteiger partial charge < -0.3 is 5.73 Å². The van der Waals surface area contributed by atoms with Crippen LogP contribution in [0, 0.1) is 5.92 Å². The first-order valence-corrected chi connectivity index (χ1v) is 8.24. The molecule has 0 amide bonds. The molecule has 3 atom stereocenters. The van der Waals surface area contributed by atoms with E-state index in [-0.39, 0.29) is 5.54 Å². The fourth-order valence-corrected chi connectivity index (χ4v) is 4.45. The highest BCUT2D eigenvalue weighted by Crippen LogP contribution is 2.40. The first-order valence-electron chi connectivity index (χ1n) is 8.24. The number of hydrogen-bond acceptors (Lipinski definition) is 2. The van der Waals surface area contributed by atoms with E-state index in [0.717, 1.165) is 24.9 Å². The molecule has 2 fully saturated rings. The topological polar surface area (TPSA) is 29.3 Å². The third-order valence-electron chi connectivity index (χ3n) is 5.55. The van der Waals surface area contributed by atoms with Crippen molar-refractivity contribution in [2.45, 2.75) is 57.0 Å². The molecule has 1 aromatic carbocycles. The van der Waals surface area contributed by atoms with Crippen LogP contribution in [0.5, 0.6) is 0 Å².